The van der Waals surface area contributed by atoms with E-state index in [-0.39, 0.29) is 30.7 Å². The Morgan fingerprint density at radius 1 is 1.12 bits per heavy atom. The Bertz CT molecular complexity index is 856. The normalized spacial score (nSPS) is 13.2. The highest BCUT2D eigenvalue weighted by atomic mass is 16.2. The SMILES string of the molecule is Cc1ccc2c(c1)C(=O)N(CCC(=O)NCCCn1ccnc1C)C2=O. The van der Waals surface area contributed by atoms with Crippen LogP contribution in [0.5, 0.6) is 0 Å². The van der Waals surface area contributed by atoms with Crippen LogP contribution in [-0.4, -0.2) is 45.3 Å². The maximum Gasteiger partial charge on any atom is 0.261 e. The van der Waals surface area contributed by atoms with Crippen molar-refractivity contribution in [2.24, 2.45) is 0 Å². The predicted molar refractivity (Wildman–Crippen MR) is 95.8 cm³/mol. The summed E-state index contributed by atoms with van der Waals surface area (Å²) >= 11 is 0. The van der Waals surface area contributed by atoms with Gasteiger partial charge in [0.1, 0.15) is 5.82 Å². The second-order valence-corrected chi connectivity index (χ2v) is 6.43. The third-order valence-electron chi connectivity index (χ3n) is 4.51. The van der Waals surface area contributed by atoms with Crippen molar-refractivity contribution in [3.8, 4) is 0 Å². The lowest BCUT2D eigenvalue weighted by Gasteiger charge is -2.13. The van der Waals surface area contributed by atoms with Gasteiger partial charge >= 0.3 is 0 Å². The van der Waals surface area contributed by atoms with Gasteiger partial charge in [0.05, 0.1) is 11.1 Å². The number of imide groups is 1. The number of carbonyl (C=O) groups excluding carboxylic acids is 3. The number of nitrogens with one attached hydrogen (secondary N) is 1. The number of benzene rings is 1. The molecule has 0 saturated carbocycles. The molecule has 0 aliphatic carbocycles. The second-order valence-electron chi connectivity index (χ2n) is 6.43. The molecule has 0 atom stereocenters. The molecule has 0 spiro atoms. The number of carbonyl (C=O) groups is 3. The lowest BCUT2D eigenvalue weighted by Crippen LogP contribution is -2.35. The van der Waals surface area contributed by atoms with E-state index in [0.717, 1.165) is 29.3 Å². The topological polar surface area (TPSA) is 84.3 Å². The number of imidazole rings is 1. The number of aryl methyl sites for hydroxylation is 3. The fourth-order valence-corrected chi connectivity index (χ4v) is 3.03. The molecule has 0 saturated heterocycles. The Kier molecular flexibility index (Phi) is 5.16. The first-order chi connectivity index (χ1) is 12.5. The average Bonchev–Trinajstić information content (AvgIpc) is 3.12. The Morgan fingerprint density at radius 3 is 2.62 bits per heavy atom. The summed E-state index contributed by atoms with van der Waals surface area (Å²) in [5, 5.41) is 2.83. The van der Waals surface area contributed by atoms with Crippen LogP contribution in [0.25, 0.3) is 0 Å². The van der Waals surface area contributed by atoms with Crippen LogP contribution in [0, 0.1) is 13.8 Å². The van der Waals surface area contributed by atoms with E-state index in [1.165, 1.54) is 0 Å². The number of rotatable bonds is 7. The molecule has 1 aliphatic rings. The van der Waals surface area contributed by atoms with E-state index in [9.17, 15) is 14.4 Å². The zero-order valence-corrected chi connectivity index (χ0v) is 15.0. The van der Waals surface area contributed by atoms with Crippen LogP contribution >= 0.6 is 0 Å². The van der Waals surface area contributed by atoms with E-state index < -0.39 is 0 Å². The Morgan fingerprint density at radius 2 is 1.88 bits per heavy atom. The zero-order chi connectivity index (χ0) is 18.7. The van der Waals surface area contributed by atoms with Crippen molar-refractivity contribution in [2.75, 3.05) is 13.1 Å². The highest BCUT2D eigenvalue weighted by molar-refractivity contribution is 6.21. The molecule has 0 radical (unpaired) electrons. The Hall–Kier alpha value is -2.96. The number of hydrogen-bond acceptors (Lipinski definition) is 4. The highest BCUT2D eigenvalue weighted by Crippen LogP contribution is 2.23. The van der Waals surface area contributed by atoms with E-state index in [1.54, 1.807) is 18.3 Å². The summed E-state index contributed by atoms with van der Waals surface area (Å²) in [6.45, 7) is 5.22. The van der Waals surface area contributed by atoms with Gasteiger partial charge in [-0.1, -0.05) is 11.6 Å². The number of amides is 3. The number of aromatic nitrogens is 2. The lowest BCUT2D eigenvalue weighted by atomic mass is 10.1. The molecule has 0 unspecified atom stereocenters. The van der Waals surface area contributed by atoms with Gasteiger partial charge in [0.15, 0.2) is 0 Å². The minimum atomic E-state index is -0.326. The molecule has 1 aliphatic heterocycles. The zero-order valence-electron chi connectivity index (χ0n) is 15.0. The van der Waals surface area contributed by atoms with E-state index in [0.29, 0.717) is 17.7 Å². The minimum Gasteiger partial charge on any atom is -0.356 e. The first kappa shape index (κ1) is 17.8. The Balaban J connectivity index is 1.44. The molecule has 0 bridgehead atoms. The van der Waals surface area contributed by atoms with Gasteiger partial charge in [-0.05, 0) is 32.4 Å². The van der Waals surface area contributed by atoms with Crippen LogP contribution in [0.3, 0.4) is 0 Å². The van der Waals surface area contributed by atoms with E-state index in [4.69, 9.17) is 0 Å². The van der Waals surface area contributed by atoms with Gasteiger partial charge in [-0.3, -0.25) is 19.3 Å². The fraction of sp³-hybridized carbons (Fsp3) is 0.368. The summed E-state index contributed by atoms with van der Waals surface area (Å²) in [6.07, 6.45) is 4.54. The molecule has 3 amide bonds. The van der Waals surface area contributed by atoms with Crippen molar-refractivity contribution in [3.05, 3.63) is 53.1 Å². The molecule has 26 heavy (non-hydrogen) atoms. The first-order valence-electron chi connectivity index (χ1n) is 8.68. The van der Waals surface area contributed by atoms with Gasteiger partial charge in [0.25, 0.3) is 11.8 Å². The molecule has 1 aromatic heterocycles. The summed E-state index contributed by atoms with van der Waals surface area (Å²) in [6, 6.07) is 5.19. The van der Waals surface area contributed by atoms with Gasteiger partial charge in [0.2, 0.25) is 5.91 Å². The Labute approximate surface area is 152 Å². The van der Waals surface area contributed by atoms with Crippen LogP contribution in [0.1, 0.15) is 44.9 Å². The average molecular weight is 354 g/mol. The first-order valence-corrected chi connectivity index (χ1v) is 8.68. The van der Waals surface area contributed by atoms with E-state index in [2.05, 4.69) is 10.3 Å². The molecule has 7 heteroatoms. The quantitative estimate of drug-likeness (QED) is 0.606. The highest BCUT2D eigenvalue weighted by Gasteiger charge is 2.35. The molecule has 136 valence electrons. The molecule has 1 aromatic carbocycles. The van der Waals surface area contributed by atoms with Gasteiger partial charge in [-0.2, -0.15) is 0 Å². The van der Waals surface area contributed by atoms with Crippen molar-refractivity contribution in [1.29, 1.82) is 0 Å². The van der Waals surface area contributed by atoms with Crippen LogP contribution < -0.4 is 5.32 Å². The number of nitrogens with zero attached hydrogens (tertiary/aromatic N) is 3. The molecular formula is C19H22N4O3. The summed E-state index contributed by atoms with van der Waals surface area (Å²) < 4.78 is 2.02. The van der Waals surface area contributed by atoms with Gasteiger partial charge in [-0.15, -0.1) is 0 Å². The second kappa shape index (κ2) is 7.51. The van der Waals surface area contributed by atoms with Crippen molar-refractivity contribution in [3.63, 3.8) is 0 Å². The van der Waals surface area contributed by atoms with E-state index in [1.807, 2.05) is 30.7 Å². The molecule has 2 heterocycles. The van der Waals surface area contributed by atoms with Gasteiger partial charge < -0.3 is 9.88 Å². The summed E-state index contributed by atoms with van der Waals surface area (Å²) in [5.41, 5.74) is 1.76. The smallest absolute Gasteiger partial charge is 0.261 e. The molecule has 7 nitrogen and oxygen atoms in total. The number of hydrogen-bond donors (Lipinski definition) is 1. The van der Waals surface area contributed by atoms with Crippen LogP contribution in [-0.2, 0) is 11.3 Å². The summed E-state index contributed by atoms with van der Waals surface area (Å²) in [4.78, 5) is 42.0. The molecule has 2 aromatic rings. The largest absolute Gasteiger partial charge is 0.356 e. The van der Waals surface area contributed by atoms with E-state index >= 15 is 0 Å². The lowest BCUT2D eigenvalue weighted by molar-refractivity contribution is -0.121. The monoisotopic (exact) mass is 354 g/mol. The fourth-order valence-electron chi connectivity index (χ4n) is 3.03. The minimum absolute atomic E-state index is 0.0951. The summed E-state index contributed by atoms with van der Waals surface area (Å²) in [5.74, 6) is 0.128. The molecule has 1 N–H and O–H groups in total. The van der Waals surface area contributed by atoms with Crippen molar-refractivity contribution in [2.45, 2.75) is 33.2 Å². The van der Waals surface area contributed by atoms with Gasteiger partial charge in [-0.25, -0.2) is 4.98 Å². The third kappa shape index (κ3) is 3.66. The van der Waals surface area contributed by atoms with Crippen molar-refractivity contribution >= 4 is 17.7 Å². The van der Waals surface area contributed by atoms with Gasteiger partial charge in [0, 0.05) is 38.4 Å². The predicted octanol–water partition coefficient (Wildman–Crippen LogP) is 1.69. The number of fused-ring (bicyclic) bond motifs is 1. The summed E-state index contributed by atoms with van der Waals surface area (Å²) in [7, 11) is 0. The van der Waals surface area contributed by atoms with Crippen LogP contribution in [0.15, 0.2) is 30.6 Å². The van der Waals surface area contributed by atoms with Crippen LogP contribution in [0.2, 0.25) is 0 Å². The maximum absolute atomic E-state index is 12.4. The maximum atomic E-state index is 12.4. The third-order valence-corrected chi connectivity index (χ3v) is 4.51. The molecule has 3 rings (SSSR count). The van der Waals surface area contributed by atoms with Crippen LogP contribution in [0.4, 0.5) is 0 Å². The van der Waals surface area contributed by atoms with Crippen molar-refractivity contribution in [1.82, 2.24) is 19.8 Å². The molecule has 0 fully saturated rings. The standard InChI is InChI=1S/C19H22N4O3/c1-13-4-5-15-16(12-13)19(26)23(18(15)25)10-6-17(24)21-7-3-9-22-11-8-20-14(22)2/h4-5,8,11-12H,3,6-7,9-10H2,1-2H3,(H,21,24). The van der Waals surface area contributed by atoms with Crippen molar-refractivity contribution < 1.29 is 14.4 Å². The molecular weight excluding hydrogens is 332 g/mol.